The van der Waals surface area contributed by atoms with Crippen LogP contribution in [0.25, 0.3) is 11.1 Å². The summed E-state index contributed by atoms with van der Waals surface area (Å²) in [5.74, 6) is -0.369. The second-order valence-electron chi connectivity index (χ2n) is 4.89. The Balaban J connectivity index is 2.06. The maximum Gasteiger partial charge on any atom is 0.432 e. The second kappa shape index (κ2) is 5.81. The molecule has 0 fully saturated rings. The van der Waals surface area contributed by atoms with Gasteiger partial charge in [-0.15, -0.1) is 0 Å². The summed E-state index contributed by atoms with van der Waals surface area (Å²) >= 11 is 0. The van der Waals surface area contributed by atoms with Crippen LogP contribution < -0.4 is 0 Å². The van der Waals surface area contributed by atoms with Crippen molar-refractivity contribution in [3.63, 3.8) is 0 Å². The average Bonchev–Trinajstić information content (AvgIpc) is 2.92. The zero-order valence-corrected chi connectivity index (χ0v) is 11.6. The molecule has 0 amide bonds. The van der Waals surface area contributed by atoms with E-state index in [4.69, 9.17) is 5.11 Å². The predicted molar refractivity (Wildman–Crippen MR) is 80.3 cm³/mol. The highest BCUT2D eigenvalue weighted by Crippen LogP contribution is 2.25. The minimum atomic E-state index is -1.17. The largest absolute Gasteiger partial charge is 0.463 e. The Labute approximate surface area is 126 Å². The molecule has 1 N–H and O–H groups in total. The minimum Gasteiger partial charge on any atom is -0.463 e. The third kappa shape index (κ3) is 2.88. The molecule has 0 aliphatic carbocycles. The lowest BCUT2D eigenvalue weighted by molar-refractivity contribution is 0.192. The molecular formula is C17H13FN2O2. The molecule has 0 saturated carbocycles. The maximum absolute atomic E-state index is 13.4. The van der Waals surface area contributed by atoms with E-state index < -0.39 is 6.09 Å². The first-order chi connectivity index (χ1) is 10.6. The molecule has 0 saturated heterocycles. The molecule has 5 heteroatoms. The Bertz CT molecular complexity index is 813. The first kappa shape index (κ1) is 14.0. The molecule has 110 valence electrons. The Morgan fingerprint density at radius 2 is 1.91 bits per heavy atom. The zero-order chi connectivity index (χ0) is 15.5. The quantitative estimate of drug-likeness (QED) is 0.799. The SMILES string of the molecule is O=C(O)n1cc(-c2cccc(F)c2)c(Cc2ccccc2)n1. The van der Waals surface area contributed by atoms with Crippen molar-refractivity contribution >= 4 is 6.09 Å². The van der Waals surface area contributed by atoms with Crippen LogP contribution in [-0.4, -0.2) is 21.0 Å². The van der Waals surface area contributed by atoms with Gasteiger partial charge in [-0.2, -0.15) is 9.78 Å². The highest BCUT2D eigenvalue weighted by Gasteiger charge is 2.15. The Hall–Kier alpha value is -2.95. The number of hydrogen-bond donors (Lipinski definition) is 1. The highest BCUT2D eigenvalue weighted by molar-refractivity contribution is 5.72. The number of benzene rings is 2. The molecule has 1 heterocycles. The van der Waals surface area contributed by atoms with Crippen molar-refractivity contribution in [3.8, 4) is 11.1 Å². The molecule has 0 bridgehead atoms. The van der Waals surface area contributed by atoms with E-state index in [1.165, 1.54) is 18.3 Å². The predicted octanol–water partition coefficient (Wildman–Crippen LogP) is 3.81. The average molecular weight is 296 g/mol. The molecule has 4 nitrogen and oxygen atoms in total. The number of carboxylic acid groups (broad SMARTS) is 1. The molecule has 3 aromatic rings. The van der Waals surface area contributed by atoms with Crippen molar-refractivity contribution in [1.82, 2.24) is 9.78 Å². The normalized spacial score (nSPS) is 10.6. The van der Waals surface area contributed by atoms with Crippen LogP contribution in [0.4, 0.5) is 9.18 Å². The van der Waals surface area contributed by atoms with Crippen LogP contribution in [0.2, 0.25) is 0 Å². The lowest BCUT2D eigenvalue weighted by atomic mass is 10.0. The molecule has 2 aromatic carbocycles. The fraction of sp³-hybridized carbons (Fsp3) is 0.0588. The van der Waals surface area contributed by atoms with Crippen molar-refractivity contribution in [2.45, 2.75) is 6.42 Å². The van der Waals surface area contributed by atoms with E-state index in [0.29, 0.717) is 23.2 Å². The molecule has 0 unspecified atom stereocenters. The van der Waals surface area contributed by atoms with E-state index in [1.54, 1.807) is 12.1 Å². The number of hydrogen-bond acceptors (Lipinski definition) is 2. The molecule has 22 heavy (non-hydrogen) atoms. The summed E-state index contributed by atoms with van der Waals surface area (Å²) in [4.78, 5) is 11.1. The van der Waals surface area contributed by atoms with Gasteiger partial charge in [-0.1, -0.05) is 42.5 Å². The van der Waals surface area contributed by atoms with E-state index in [-0.39, 0.29) is 5.82 Å². The third-order valence-electron chi connectivity index (χ3n) is 3.34. The number of aromatic nitrogens is 2. The van der Waals surface area contributed by atoms with Gasteiger partial charge in [-0.05, 0) is 23.3 Å². The third-order valence-corrected chi connectivity index (χ3v) is 3.34. The zero-order valence-electron chi connectivity index (χ0n) is 11.6. The lowest BCUT2D eigenvalue weighted by Crippen LogP contribution is -2.08. The van der Waals surface area contributed by atoms with Gasteiger partial charge in [0, 0.05) is 18.2 Å². The molecule has 0 aliphatic heterocycles. The number of carbonyl (C=O) groups is 1. The van der Waals surface area contributed by atoms with E-state index in [0.717, 1.165) is 10.2 Å². The summed E-state index contributed by atoms with van der Waals surface area (Å²) in [5.41, 5.74) is 2.83. The van der Waals surface area contributed by atoms with Gasteiger partial charge in [0.05, 0.1) is 5.69 Å². The van der Waals surface area contributed by atoms with Gasteiger partial charge in [0.1, 0.15) is 5.82 Å². The fourth-order valence-corrected chi connectivity index (χ4v) is 2.32. The van der Waals surface area contributed by atoms with Crippen LogP contribution in [0.15, 0.2) is 60.8 Å². The first-order valence-corrected chi connectivity index (χ1v) is 6.75. The standard InChI is InChI=1S/C17H13FN2O2/c18-14-8-4-7-13(10-14)15-11-20(17(21)22)19-16(15)9-12-5-2-1-3-6-12/h1-8,10-11H,9H2,(H,21,22). The van der Waals surface area contributed by atoms with E-state index >= 15 is 0 Å². The first-order valence-electron chi connectivity index (χ1n) is 6.75. The fourth-order valence-electron chi connectivity index (χ4n) is 2.32. The molecule has 1 aromatic heterocycles. The Morgan fingerprint density at radius 1 is 1.14 bits per heavy atom. The van der Waals surface area contributed by atoms with Gasteiger partial charge < -0.3 is 5.11 Å². The van der Waals surface area contributed by atoms with Crippen molar-refractivity contribution in [1.29, 1.82) is 0 Å². The lowest BCUT2D eigenvalue weighted by Gasteiger charge is -2.03. The number of rotatable bonds is 3. The van der Waals surface area contributed by atoms with Crippen molar-refractivity contribution < 1.29 is 14.3 Å². The van der Waals surface area contributed by atoms with Crippen molar-refractivity contribution in [3.05, 3.63) is 77.9 Å². The van der Waals surface area contributed by atoms with Gasteiger partial charge in [0.25, 0.3) is 0 Å². The van der Waals surface area contributed by atoms with Crippen molar-refractivity contribution in [2.24, 2.45) is 0 Å². The number of nitrogens with zero attached hydrogens (tertiary/aromatic N) is 2. The van der Waals surface area contributed by atoms with Crippen LogP contribution in [0.3, 0.4) is 0 Å². The summed E-state index contributed by atoms with van der Waals surface area (Å²) in [6.45, 7) is 0. The van der Waals surface area contributed by atoms with Gasteiger partial charge in [-0.3, -0.25) is 0 Å². The van der Waals surface area contributed by atoms with E-state index in [1.807, 2.05) is 30.3 Å². The summed E-state index contributed by atoms with van der Waals surface area (Å²) in [6, 6.07) is 15.7. The summed E-state index contributed by atoms with van der Waals surface area (Å²) in [5, 5.41) is 13.2. The molecular weight excluding hydrogens is 283 g/mol. The van der Waals surface area contributed by atoms with Crippen molar-refractivity contribution in [2.75, 3.05) is 0 Å². The van der Waals surface area contributed by atoms with Gasteiger partial charge in [0.15, 0.2) is 0 Å². The molecule has 3 rings (SSSR count). The highest BCUT2D eigenvalue weighted by atomic mass is 19.1. The number of halogens is 1. The van der Waals surface area contributed by atoms with Gasteiger partial charge in [-0.25, -0.2) is 9.18 Å². The molecule has 0 aliphatic rings. The smallest absolute Gasteiger partial charge is 0.432 e. The van der Waals surface area contributed by atoms with E-state index in [9.17, 15) is 9.18 Å². The summed E-state index contributed by atoms with van der Waals surface area (Å²) in [6.07, 6.45) is 0.722. The summed E-state index contributed by atoms with van der Waals surface area (Å²) < 4.78 is 14.3. The minimum absolute atomic E-state index is 0.369. The van der Waals surface area contributed by atoms with Crippen LogP contribution in [0.5, 0.6) is 0 Å². The molecule has 0 spiro atoms. The molecule has 0 atom stereocenters. The Morgan fingerprint density at radius 3 is 2.59 bits per heavy atom. The van der Waals surface area contributed by atoms with Crippen LogP contribution >= 0.6 is 0 Å². The van der Waals surface area contributed by atoms with Gasteiger partial charge >= 0.3 is 6.09 Å². The van der Waals surface area contributed by atoms with E-state index in [2.05, 4.69) is 5.10 Å². The summed E-state index contributed by atoms with van der Waals surface area (Å²) in [7, 11) is 0. The van der Waals surface area contributed by atoms with Crippen LogP contribution in [-0.2, 0) is 6.42 Å². The topological polar surface area (TPSA) is 55.1 Å². The molecule has 0 radical (unpaired) electrons. The second-order valence-corrected chi connectivity index (χ2v) is 4.89. The van der Waals surface area contributed by atoms with Gasteiger partial charge in [0.2, 0.25) is 0 Å². The Kier molecular flexibility index (Phi) is 3.70. The monoisotopic (exact) mass is 296 g/mol. The maximum atomic E-state index is 13.4. The van der Waals surface area contributed by atoms with Crippen LogP contribution in [0.1, 0.15) is 11.3 Å². The van der Waals surface area contributed by atoms with Crippen LogP contribution in [0, 0.1) is 5.82 Å².